The van der Waals surface area contributed by atoms with Gasteiger partial charge in [0.25, 0.3) is 0 Å². The van der Waals surface area contributed by atoms with Crippen LogP contribution in [0.25, 0.3) is 0 Å². The Labute approximate surface area is 84.5 Å². The van der Waals surface area contributed by atoms with Gasteiger partial charge >= 0.3 is 0 Å². The molecule has 1 atom stereocenters. The molecule has 0 aliphatic carbocycles. The first-order valence-corrected chi connectivity index (χ1v) is 5.18. The molecule has 0 fully saturated rings. The molecule has 0 amide bonds. The molecule has 1 N–H and O–H groups in total. The van der Waals surface area contributed by atoms with E-state index in [2.05, 4.69) is 19.1 Å². The Morgan fingerprint density at radius 3 is 2.93 bits per heavy atom. The van der Waals surface area contributed by atoms with Crippen molar-refractivity contribution in [2.75, 3.05) is 0 Å². The van der Waals surface area contributed by atoms with Gasteiger partial charge in [-0.3, -0.25) is 0 Å². The SMILES string of the molecule is CCCC(O)c1ccc2c(c1)COC2. The van der Waals surface area contributed by atoms with Crippen LogP contribution in [0.2, 0.25) is 0 Å². The van der Waals surface area contributed by atoms with Crippen molar-refractivity contribution in [3.8, 4) is 0 Å². The number of benzene rings is 1. The largest absolute Gasteiger partial charge is 0.388 e. The molecule has 1 unspecified atom stereocenters. The molecule has 1 heterocycles. The highest BCUT2D eigenvalue weighted by molar-refractivity contribution is 5.34. The third-order valence-corrected chi connectivity index (χ3v) is 2.69. The first-order valence-electron chi connectivity index (χ1n) is 5.18. The summed E-state index contributed by atoms with van der Waals surface area (Å²) in [5, 5.41) is 9.81. The summed E-state index contributed by atoms with van der Waals surface area (Å²) in [5.74, 6) is 0. The number of aliphatic hydroxyl groups is 1. The van der Waals surface area contributed by atoms with Gasteiger partial charge in [0.1, 0.15) is 0 Å². The number of fused-ring (bicyclic) bond motifs is 1. The van der Waals surface area contributed by atoms with Gasteiger partial charge in [-0.2, -0.15) is 0 Å². The molecule has 2 rings (SSSR count). The van der Waals surface area contributed by atoms with Gasteiger partial charge in [-0.05, 0) is 23.1 Å². The lowest BCUT2D eigenvalue weighted by atomic mass is 10.0. The molecular formula is C12H16O2. The van der Waals surface area contributed by atoms with E-state index in [1.807, 2.05) is 6.07 Å². The van der Waals surface area contributed by atoms with Gasteiger partial charge in [0.05, 0.1) is 19.3 Å². The first-order chi connectivity index (χ1) is 6.81. The van der Waals surface area contributed by atoms with Crippen LogP contribution >= 0.6 is 0 Å². The topological polar surface area (TPSA) is 29.5 Å². The van der Waals surface area contributed by atoms with E-state index in [0.717, 1.165) is 25.0 Å². The van der Waals surface area contributed by atoms with E-state index in [4.69, 9.17) is 4.74 Å². The van der Waals surface area contributed by atoms with Crippen LogP contribution in [0.5, 0.6) is 0 Å². The highest BCUT2D eigenvalue weighted by Crippen LogP contribution is 2.25. The second-order valence-electron chi connectivity index (χ2n) is 3.83. The number of ether oxygens (including phenoxy) is 1. The minimum absolute atomic E-state index is 0.314. The zero-order chi connectivity index (χ0) is 9.97. The van der Waals surface area contributed by atoms with Crippen LogP contribution in [0.1, 0.15) is 42.6 Å². The quantitative estimate of drug-likeness (QED) is 0.797. The fraction of sp³-hybridized carbons (Fsp3) is 0.500. The van der Waals surface area contributed by atoms with Crippen molar-refractivity contribution in [1.82, 2.24) is 0 Å². The molecule has 14 heavy (non-hydrogen) atoms. The van der Waals surface area contributed by atoms with Gasteiger partial charge < -0.3 is 9.84 Å². The maximum atomic E-state index is 9.81. The Hall–Kier alpha value is -0.860. The van der Waals surface area contributed by atoms with Gasteiger partial charge in [0, 0.05) is 0 Å². The Morgan fingerprint density at radius 1 is 1.36 bits per heavy atom. The van der Waals surface area contributed by atoms with E-state index in [0.29, 0.717) is 6.61 Å². The van der Waals surface area contributed by atoms with Crippen LogP contribution < -0.4 is 0 Å². The summed E-state index contributed by atoms with van der Waals surface area (Å²) < 4.78 is 5.33. The van der Waals surface area contributed by atoms with E-state index in [-0.39, 0.29) is 6.10 Å². The second kappa shape index (κ2) is 4.11. The maximum absolute atomic E-state index is 9.81. The summed E-state index contributed by atoms with van der Waals surface area (Å²) in [4.78, 5) is 0. The lowest BCUT2D eigenvalue weighted by Gasteiger charge is -2.10. The van der Waals surface area contributed by atoms with Crippen molar-refractivity contribution < 1.29 is 9.84 Å². The smallest absolute Gasteiger partial charge is 0.0790 e. The minimum Gasteiger partial charge on any atom is -0.388 e. The molecule has 0 spiro atoms. The minimum atomic E-state index is -0.314. The predicted molar refractivity (Wildman–Crippen MR) is 54.8 cm³/mol. The number of hydrogen-bond donors (Lipinski definition) is 1. The second-order valence-corrected chi connectivity index (χ2v) is 3.83. The summed E-state index contributed by atoms with van der Waals surface area (Å²) in [5.41, 5.74) is 3.52. The van der Waals surface area contributed by atoms with E-state index < -0.39 is 0 Å². The normalized spacial score (nSPS) is 16.7. The molecule has 1 aromatic carbocycles. The number of rotatable bonds is 3. The summed E-state index contributed by atoms with van der Waals surface area (Å²) >= 11 is 0. The molecule has 2 nitrogen and oxygen atoms in total. The molecule has 0 saturated carbocycles. The Bertz CT molecular complexity index is 320. The Kier molecular flexibility index (Phi) is 2.85. The summed E-state index contributed by atoms with van der Waals surface area (Å²) in [7, 11) is 0. The Balaban J connectivity index is 2.19. The molecule has 1 aliphatic heterocycles. The van der Waals surface area contributed by atoms with Crippen molar-refractivity contribution in [3.05, 3.63) is 34.9 Å². The Morgan fingerprint density at radius 2 is 2.14 bits per heavy atom. The van der Waals surface area contributed by atoms with Crippen molar-refractivity contribution in [2.24, 2.45) is 0 Å². The zero-order valence-corrected chi connectivity index (χ0v) is 8.49. The first kappa shape index (κ1) is 9.69. The average Bonchev–Trinajstić information content (AvgIpc) is 2.64. The van der Waals surface area contributed by atoms with Crippen LogP contribution in [0.3, 0.4) is 0 Å². The molecular weight excluding hydrogens is 176 g/mol. The molecule has 76 valence electrons. The van der Waals surface area contributed by atoms with Crippen molar-refractivity contribution in [1.29, 1.82) is 0 Å². The lowest BCUT2D eigenvalue weighted by Crippen LogP contribution is -1.97. The molecule has 0 bridgehead atoms. The lowest BCUT2D eigenvalue weighted by molar-refractivity contribution is 0.134. The average molecular weight is 192 g/mol. The van der Waals surface area contributed by atoms with Crippen LogP contribution in [0.15, 0.2) is 18.2 Å². The monoisotopic (exact) mass is 192 g/mol. The van der Waals surface area contributed by atoms with E-state index in [9.17, 15) is 5.11 Å². The molecule has 1 aromatic rings. The third kappa shape index (κ3) is 1.81. The van der Waals surface area contributed by atoms with Gasteiger partial charge in [0.15, 0.2) is 0 Å². The highest BCUT2D eigenvalue weighted by atomic mass is 16.5. The van der Waals surface area contributed by atoms with Crippen LogP contribution in [0.4, 0.5) is 0 Å². The maximum Gasteiger partial charge on any atom is 0.0790 e. The van der Waals surface area contributed by atoms with E-state index >= 15 is 0 Å². The summed E-state index contributed by atoms with van der Waals surface area (Å²) in [6, 6.07) is 6.15. The van der Waals surface area contributed by atoms with E-state index in [1.165, 1.54) is 11.1 Å². The number of hydrogen-bond acceptors (Lipinski definition) is 2. The fourth-order valence-electron chi connectivity index (χ4n) is 1.84. The van der Waals surface area contributed by atoms with Crippen molar-refractivity contribution in [3.63, 3.8) is 0 Å². The number of aliphatic hydroxyl groups excluding tert-OH is 1. The van der Waals surface area contributed by atoms with E-state index in [1.54, 1.807) is 0 Å². The third-order valence-electron chi connectivity index (χ3n) is 2.69. The highest BCUT2D eigenvalue weighted by Gasteiger charge is 2.13. The molecule has 2 heteroatoms. The van der Waals surface area contributed by atoms with Gasteiger partial charge in [0.2, 0.25) is 0 Å². The fourth-order valence-corrected chi connectivity index (χ4v) is 1.84. The molecule has 0 radical (unpaired) electrons. The summed E-state index contributed by atoms with van der Waals surface area (Å²) in [6.45, 7) is 3.50. The van der Waals surface area contributed by atoms with Crippen LogP contribution in [-0.4, -0.2) is 5.11 Å². The van der Waals surface area contributed by atoms with Gasteiger partial charge in [-0.15, -0.1) is 0 Å². The summed E-state index contributed by atoms with van der Waals surface area (Å²) in [6.07, 6.45) is 1.53. The van der Waals surface area contributed by atoms with Gasteiger partial charge in [-0.25, -0.2) is 0 Å². The van der Waals surface area contributed by atoms with Crippen molar-refractivity contribution in [2.45, 2.75) is 39.1 Å². The predicted octanol–water partition coefficient (Wildman–Crippen LogP) is 2.55. The standard InChI is InChI=1S/C12H16O2/c1-2-3-12(13)9-4-5-10-7-14-8-11(10)6-9/h4-6,12-13H,2-3,7-8H2,1H3. The van der Waals surface area contributed by atoms with Crippen LogP contribution in [-0.2, 0) is 18.0 Å². The van der Waals surface area contributed by atoms with Crippen molar-refractivity contribution >= 4 is 0 Å². The molecule has 0 saturated heterocycles. The molecule has 0 aromatic heterocycles. The zero-order valence-electron chi connectivity index (χ0n) is 8.49. The van der Waals surface area contributed by atoms with Gasteiger partial charge in [-0.1, -0.05) is 31.5 Å². The van der Waals surface area contributed by atoms with Crippen LogP contribution in [0, 0.1) is 0 Å². The molecule has 1 aliphatic rings.